The van der Waals surface area contributed by atoms with Gasteiger partial charge in [0.1, 0.15) is 0 Å². The van der Waals surface area contributed by atoms with Crippen LogP contribution in [0.3, 0.4) is 0 Å². The van der Waals surface area contributed by atoms with Gasteiger partial charge in [-0.3, -0.25) is 9.69 Å². The summed E-state index contributed by atoms with van der Waals surface area (Å²) in [7, 11) is 0. The minimum atomic E-state index is -0.306. The van der Waals surface area contributed by atoms with Crippen molar-refractivity contribution in [3.05, 3.63) is 53.1 Å². The molecule has 1 amide bonds. The van der Waals surface area contributed by atoms with Gasteiger partial charge < -0.3 is 25.3 Å². The fourth-order valence-corrected chi connectivity index (χ4v) is 3.48. The van der Waals surface area contributed by atoms with E-state index in [0.717, 1.165) is 13.1 Å². The van der Waals surface area contributed by atoms with Crippen LogP contribution in [0.5, 0.6) is 23.0 Å². The highest BCUT2D eigenvalue weighted by molar-refractivity contribution is 5.93. The number of rotatable bonds is 5. The van der Waals surface area contributed by atoms with Gasteiger partial charge in [-0.25, -0.2) is 0 Å². The Morgan fingerprint density at radius 3 is 2.19 bits per heavy atom. The Balaban J connectivity index is 1.78. The molecule has 7 heteroatoms. The summed E-state index contributed by atoms with van der Waals surface area (Å²) in [5.41, 5.74) is 1.48. The number of hydrogen-bond donors (Lipinski definition) is 4. The van der Waals surface area contributed by atoms with Gasteiger partial charge in [0.2, 0.25) is 5.91 Å². The third-order valence-corrected chi connectivity index (χ3v) is 5.43. The lowest BCUT2D eigenvalue weighted by Gasteiger charge is -2.36. The number of phenolic OH excluding ortho intramolecular Hbond substituents is 4. The van der Waals surface area contributed by atoms with E-state index in [9.17, 15) is 25.2 Å². The summed E-state index contributed by atoms with van der Waals surface area (Å²) in [4.78, 5) is 16.7. The Morgan fingerprint density at radius 2 is 1.55 bits per heavy atom. The van der Waals surface area contributed by atoms with E-state index in [2.05, 4.69) is 18.7 Å². The third-order valence-electron chi connectivity index (χ3n) is 5.43. The molecule has 7 nitrogen and oxygen atoms in total. The van der Waals surface area contributed by atoms with Crippen LogP contribution < -0.4 is 0 Å². The molecule has 1 aliphatic rings. The molecule has 0 spiro atoms. The fourth-order valence-electron chi connectivity index (χ4n) is 3.48. The normalized spacial score (nSPS) is 15.4. The van der Waals surface area contributed by atoms with Crippen LogP contribution in [-0.4, -0.2) is 68.4 Å². The van der Waals surface area contributed by atoms with Crippen molar-refractivity contribution in [2.75, 3.05) is 26.2 Å². The fraction of sp³-hybridized carbons (Fsp3) is 0.292. The Kier molecular flexibility index (Phi) is 6.87. The molecule has 1 saturated heterocycles. The van der Waals surface area contributed by atoms with Gasteiger partial charge in [-0.1, -0.05) is 18.2 Å². The smallest absolute Gasteiger partial charge is 0.246 e. The van der Waals surface area contributed by atoms with Crippen LogP contribution in [-0.2, 0) is 4.79 Å². The van der Waals surface area contributed by atoms with Crippen LogP contribution in [0, 0.1) is 0 Å². The quantitative estimate of drug-likeness (QED) is 0.334. The SMILES string of the molecule is CC(C)N1CCN(C(=O)/C=C/c2ccc(O)c(O)c2/C=C/c2ccc(O)c(O)c2)CC1. The monoisotopic (exact) mass is 424 g/mol. The molecule has 4 N–H and O–H groups in total. The van der Waals surface area contributed by atoms with Crippen molar-refractivity contribution >= 4 is 24.1 Å². The first kappa shape index (κ1) is 22.2. The average Bonchev–Trinajstić information content (AvgIpc) is 2.76. The average molecular weight is 424 g/mol. The molecule has 31 heavy (non-hydrogen) atoms. The molecular weight excluding hydrogens is 396 g/mol. The van der Waals surface area contributed by atoms with E-state index >= 15 is 0 Å². The Morgan fingerprint density at radius 1 is 0.871 bits per heavy atom. The molecule has 0 aliphatic carbocycles. The second kappa shape index (κ2) is 9.57. The summed E-state index contributed by atoms with van der Waals surface area (Å²) in [6, 6.07) is 7.77. The maximum Gasteiger partial charge on any atom is 0.246 e. The van der Waals surface area contributed by atoms with Crippen molar-refractivity contribution in [2.24, 2.45) is 0 Å². The van der Waals surface area contributed by atoms with E-state index in [1.807, 2.05) is 0 Å². The van der Waals surface area contributed by atoms with Crippen molar-refractivity contribution < 1.29 is 25.2 Å². The first-order valence-corrected chi connectivity index (χ1v) is 10.2. The molecule has 2 aromatic carbocycles. The number of nitrogens with zero attached hydrogens (tertiary/aromatic N) is 2. The molecule has 0 aromatic heterocycles. The molecule has 1 heterocycles. The van der Waals surface area contributed by atoms with Crippen LogP contribution in [0.25, 0.3) is 18.2 Å². The van der Waals surface area contributed by atoms with E-state index in [-0.39, 0.29) is 28.9 Å². The molecule has 0 radical (unpaired) electrons. The van der Waals surface area contributed by atoms with Gasteiger partial charge in [0, 0.05) is 43.9 Å². The second-order valence-corrected chi connectivity index (χ2v) is 7.81. The van der Waals surface area contributed by atoms with Crippen LogP contribution in [0.4, 0.5) is 0 Å². The first-order valence-electron chi connectivity index (χ1n) is 10.2. The predicted molar refractivity (Wildman–Crippen MR) is 121 cm³/mol. The van der Waals surface area contributed by atoms with Crippen LogP contribution >= 0.6 is 0 Å². The van der Waals surface area contributed by atoms with Crippen LogP contribution in [0.15, 0.2) is 36.4 Å². The van der Waals surface area contributed by atoms with Crippen LogP contribution in [0.1, 0.15) is 30.5 Å². The lowest BCUT2D eigenvalue weighted by Crippen LogP contribution is -2.50. The summed E-state index contributed by atoms with van der Waals surface area (Å²) in [5.74, 6) is -1.17. The third kappa shape index (κ3) is 5.38. The first-order chi connectivity index (χ1) is 14.8. The number of amides is 1. The number of carbonyl (C=O) groups is 1. The van der Waals surface area contributed by atoms with Gasteiger partial charge in [0.05, 0.1) is 0 Å². The molecule has 1 aliphatic heterocycles. The maximum atomic E-state index is 12.6. The highest BCUT2D eigenvalue weighted by atomic mass is 16.3. The molecule has 2 aromatic rings. The Hall–Kier alpha value is -3.45. The van der Waals surface area contributed by atoms with Crippen molar-refractivity contribution in [2.45, 2.75) is 19.9 Å². The second-order valence-electron chi connectivity index (χ2n) is 7.81. The van der Waals surface area contributed by atoms with Gasteiger partial charge in [0.25, 0.3) is 0 Å². The molecule has 1 fully saturated rings. The van der Waals surface area contributed by atoms with E-state index in [4.69, 9.17) is 0 Å². The molecule has 0 unspecified atom stereocenters. The lowest BCUT2D eigenvalue weighted by atomic mass is 10.0. The number of benzene rings is 2. The minimum Gasteiger partial charge on any atom is -0.504 e. The van der Waals surface area contributed by atoms with Crippen molar-refractivity contribution in [3.63, 3.8) is 0 Å². The number of aromatic hydroxyl groups is 4. The predicted octanol–water partition coefficient (Wildman–Crippen LogP) is 3.25. The standard InChI is InChI=1S/C24H28N2O5/c1-16(2)25-11-13-26(14-12-25)23(30)10-6-18-5-9-21(28)24(31)19(18)7-3-17-4-8-20(27)22(29)15-17/h3-10,15-16,27-29,31H,11-14H2,1-2H3/b7-3+,10-6+. The van der Waals surface area contributed by atoms with Crippen molar-refractivity contribution in [3.8, 4) is 23.0 Å². The zero-order valence-corrected chi connectivity index (χ0v) is 17.7. The molecular formula is C24H28N2O5. The minimum absolute atomic E-state index is 0.102. The summed E-state index contributed by atoms with van der Waals surface area (Å²) >= 11 is 0. The van der Waals surface area contributed by atoms with E-state index in [1.165, 1.54) is 24.3 Å². The number of phenols is 4. The van der Waals surface area contributed by atoms with Crippen molar-refractivity contribution in [1.82, 2.24) is 9.80 Å². The van der Waals surface area contributed by atoms with Crippen LogP contribution in [0.2, 0.25) is 0 Å². The molecule has 0 bridgehead atoms. The summed E-state index contributed by atoms with van der Waals surface area (Å²) in [6.45, 7) is 7.29. The molecule has 164 valence electrons. The number of hydrogen-bond acceptors (Lipinski definition) is 6. The zero-order chi connectivity index (χ0) is 22.5. The highest BCUT2D eigenvalue weighted by Gasteiger charge is 2.21. The molecule has 3 rings (SSSR count). The van der Waals surface area contributed by atoms with Gasteiger partial charge in [-0.05, 0) is 55.3 Å². The van der Waals surface area contributed by atoms with Gasteiger partial charge in [0.15, 0.2) is 23.0 Å². The maximum absolute atomic E-state index is 12.6. The number of carbonyl (C=O) groups excluding carboxylic acids is 1. The van der Waals surface area contributed by atoms with E-state index < -0.39 is 0 Å². The summed E-state index contributed by atoms with van der Waals surface area (Å²) in [5, 5.41) is 39.3. The summed E-state index contributed by atoms with van der Waals surface area (Å²) in [6.07, 6.45) is 6.29. The lowest BCUT2D eigenvalue weighted by molar-refractivity contribution is -0.127. The number of piperazine rings is 1. The topological polar surface area (TPSA) is 104 Å². The van der Waals surface area contributed by atoms with Gasteiger partial charge in [-0.15, -0.1) is 0 Å². The molecule has 0 atom stereocenters. The Labute approximate surface area is 181 Å². The van der Waals surface area contributed by atoms with E-state index in [0.29, 0.717) is 35.8 Å². The zero-order valence-electron chi connectivity index (χ0n) is 17.7. The van der Waals surface area contributed by atoms with E-state index in [1.54, 1.807) is 35.3 Å². The summed E-state index contributed by atoms with van der Waals surface area (Å²) < 4.78 is 0. The molecule has 0 saturated carbocycles. The Bertz CT molecular complexity index is 1010. The van der Waals surface area contributed by atoms with Crippen molar-refractivity contribution in [1.29, 1.82) is 0 Å². The van der Waals surface area contributed by atoms with Gasteiger partial charge in [-0.2, -0.15) is 0 Å². The highest BCUT2D eigenvalue weighted by Crippen LogP contribution is 2.34. The largest absolute Gasteiger partial charge is 0.504 e. The van der Waals surface area contributed by atoms with Gasteiger partial charge >= 0.3 is 0 Å².